The van der Waals surface area contributed by atoms with Crippen LogP contribution in [0.2, 0.25) is 0 Å². The minimum absolute atomic E-state index is 0.474. The summed E-state index contributed by atoms with van der Waals surface area (Å²) >= 11 is 0. The van der Waals surface area contributed by atoms with Gasteiger partial charge >= 0.3 is 0 Å². The van der Waals surface area contributed by atoms with E-state index in [0.717, 1.165) is 39.7 Å². The maximum absolute atomic E-state index is 5.82. The van der Waals surface area contributed by atoms with Crippen molar-refractivity contribution >= 4 is 5.65 Å². The van der Waals surface area contributed by atoms with Crippen LogP contribution in [0, 0.1) is 6.92 Å². The zero-order valence-corrected chi connectivity index (χ0v) is 12.4. The molecule has 0 saturated heterocycles. The summed E-state index contributed by atoms with van der Waals surface area (Å²) in [7, 11) is 0. The van der Waals surface area contributed by atoms with Crippen molar-refractivity contribution in [2.45, 2.75) is 13.5 Å². The molecule has 0 spiro atoms. The number of fused-ring (bicyclic) bond motifs is 2. The molecule has 3 heterocycles. The number of benzene rings is 1. The summed E-state index contributed by atoms with van der Waals surface area (Å²) in [6, 6.07) is 9.96. The van der Waals surface area contributed by atoms with Gasteiger partial charge in [0.05, 0.1) is 5.69 Å². The van der Waals surface area contributed by atoms with Gasteiger partial charge in [0.15, 0.2) is 11.5 Å². The average molecular weight is 295 g/mol. The quantitative estimate of drug-likeness (QED) is 0.789. The summed E-state index contributed by atoms with van der Waals surface area (Å²) < 4.78 is 13.3. The first-order valence-electron chi connectivity index (χ1n) is 7.34. The van der Waals surface area contributed by atoms with Crippen LogP contribution in [0.5, 0.6) is 11.5 Å². The lowest BCUT2D eigenvalue weighted by Gasteiger charge is -2.18. The Morgan fingerprint density at radius 3 is 2.82 bits per heavy atom. The zero-order chi connectivity index (χ0) is 15.1. The number of hydrogen-bond donors (Lipinski definition) is 1. The Morgan fingerprint density at radius 1 is 1.18 bits per heavy atom. The van der Waals surface area contributed by atoms with Gasteiger partial charge < -0.3 is 19.6 Å². The SMILES string of the molecule is Cc1c(-c2ccc3c(c2)OCCO3)nc2c(CN)cccn12. The molecule has 4 rings (SSSR count). The molecular formula is C17H17N3O2. The van der Waals surface area contributed by atoms with Crippen LogP contribution in [-0.4, -0.2) is 22.6 Å². The lowest BCUT2D eigenvalue weighted by molar-refractivity contribution is 0.171. The third kappa shape index (κ3) is 1.94. The fourth-order valence-electron chi connectivity index (χ4n) is 2.87. The van der Waals surface area contributed by atoms with E-state index in [0.29, 0.717) is 19.8 Å². The molecule has 1 aliphatic heterocycles. The van der Waals surface area contributed by atoms with E-state index in [1.165, 1.54) is 0 Å². The van der Waals surface area contributed by atoms with E-state index < -0.39 is 0 Å². The maximum atomic E-state index is 5.82. The van der Waals surface area contributed by atoms with Crippen LogP contribution in [0.25, 0.3) is 16.9 Å². The lowest BCUT2D eigenvalue weighted by atomic mass is 10.1. The van der Waals surface area contributed by atoms with Gasteiger partial charge in [-0.3, -0.25) is 0 Å². The number of aryl methyl sites for hydroxylation is 1. The van der Waals surface area contributed by atoms with Crippen molar-refractivity contribution in [2.75, 3.05) is 13.2 Å². The molecule has 0 fully saturated rings. The van der Waals surface area contributed by atoms with Crippen LogP contribution < -0.4 is 15.2 Å². The van der Waals surface area contributed by atoms with E-state index in [1.807, 2.05) is 36.5 Å². The number of ether oxygens (including phenoxy) is 2. The number of hydrogen-bond acceptors (Lipinski definition) is 4. The standard InChI is InChI=1S/C17H17N3O2/c1-11-16(19-17-13(10-18)3-2-6-20(11)17)12-4-5-14-15(9-12)22-8-7-21-14/h2-6,9H,7-8,10,18H2,1H3. The van der Waals surface area contributed by atoms with Gasteiger partial charge in [0.1, 0.15) is 18.9 Å². The van der Waals surface area contributed by atoms with Crippen LogP contribution in [0.4, 0.5) is 0 Å². The molecule has 0 amide bonds. The van der Waals surface area contributed by atoms with Crippen LogP contribution >= 0.6 is 0 Å². The minimum atomic E-state index is 0.474. The largest absolute Gasteiger partial charge is 0.486 e. The molecule has 112 valence electrons. The molecule has 3 aromatic rings. The van der Waals surface area contributed by atoms with Crippen molar-refractivity contribution in [1.82, 2.24) is 9.38 Å². The summed E-state index contributed by atoms with van der Waals surface area (Å²) in [5.74, 6) is 1.57. The highest BCUT2D eigenvalue weighted by atomic mass is 16.6. The highest BCUT2D eigenvalue weighted by Gasteiger charge is 2.16. The molecule has 1 aliphatic rings. The van der Waals surface area contributed by atoms with Gasteiger partial charge in [0.2, 0.25) is 0 Å². The third-order valence-electron chi connectivity index (χ3n) is 4.01. The number of rotatable bonds is 2. The van der Waals surface area contributed by atoms with Crippen molar-refractivity contribution < 1.29 is 9.47 Å². The predicted molar refractivity (Wildman–Crippen MR) is 84.2 cm³/mol. The van der Waals surface area contributed by atoms with E-state index >= 15 is 0 Å². The molecule has 0 saturated carbocycles. The van der Waals surface area contributed by atoms with Gasteiger partial charge in [0, 0.05) is 29.6 Å². The lowest BCUT2D eigenvalue weighted by Crippen LogP contribution is -2.15. The minimum Gasteiger partial charge on any atom is -0.486 e. The molecule has 2 N–H and O–H groups in total. The molecule has 1 aromatic carbocycles. The first-order valence-corrected chi connectivity index (χ1v) is 7.34. The molecule has 0 unspecified atom stereocenters. The molecule has 22 heavy (non-hydrogen) atoms. The van der Waals surface area contributed by atoms with Crippen molar-refractivity contribution in [3.05, 3.63) is 47.8 Å². The van der Waals surface area contributed by atoms with E-state index in [9.17, 15) is 0 Å². The number of nitrogens with zero attached hydrogens (tertiary/aromatic N) is 2. The number of imidazole rings is 1. The number of aromatic nitrogens is 2. The Hall–Kier alpha value is -2.53. The monoisotopic (exact) mass is 295 g/mol. The summed E-state index contributed by atoms with van der Waals surface area (Å²) in [6.45, 7) is 3.71. The van der Waals surface area contributed by atoms with E-state index in [4.69, 9.17) is 20.2 Å². The molecule has 0 bridgehead atoms. The van der Waals surface area contributed by atoms with Crippen molar-refractivity contribution in [3.8, 4) is 22.8 Å². The highest BCUT2D eigenvalue weighted by Crippen LogP contribution is 2.35. The Kier molecular flexibility index (Phi) is 3.01. The Morgan fingerprint density at radius 2 is 2.00 bits per heavy atom. The molecular weight excluding hydrogens is 278 g/mol. The molecule has 0 radical (unpaired) electrons. The zero-order valence-electron chi connectivity index (χ0n) is 12.4. The Balaban J connectivity index is 1.89. The third-order valence-corrected chi connectivity index (χ3v) is 4.01. The normalized spacial score (nSPS) is 13.5. The summed E-state index contributed by atoms with van der Waals surface area (Å²) in [5.41, 5.74) is 10.8. The van der Waals surface area contributed by atoms with Gasteiger partial charge in [-0.25, -0.2) is 4.98 Å². The van der Waals surface area contributed by atoms with Crippen molar-refractivity contribution in [3.63, 3.8) is 0 Å². The van der Waals surface area contributed by atoms with Gasteiger partial charge in [-0.1, -0.05) is 6.07 Å². The topological polar surface area (TPSA) is 61.8 Å². The first kappa shape index (κ1) is 13.2. The Bertz CT molecular complexity index is 854. The van der Waals surface area contributed by atoms with Crippen LogP contribution in [-0.2, 0) is 6.54 Å². The maximum Gasteiger partial charge on any atom is 0.162 e. The summed E-state index contributed by atoms with van der Waals surface area (Å²) in [5, 5.41) is 0. The highest BCUT2D eigenvalue weighted by molar-refractivity contribution is 5.70. The molecule has 0 atom stereocenters. The van der Waals surface area contributed by atoms with Crippen molar-refractivity contribution in [2.24, 2.45) is 5.73 Å². The first-order chi connectivity index (χ1) is 10.8. The average Bonchev–Trinajstić information content (AvgIpc) is 2.91. The van der Waals surface area contributed by atoms with Crippen LogP contribution in [0.1, 0.15) is 11.3 Å². The van der Waals surface area contributed by atoms with Gasteiger partial charge in [-0.15, -0.1) is 0 Å². The van der Waals surface area contributed by atoms with Crippen LogP contribution in [0.3, 0.4) is 0 Å². The Labute approximate surface area is 128 Å². The molecule has 5 heteroatoms. The summed E-state index contributed by atoms with van der Waals surface area (Å²) in [4.78, 5) is 4.79. The molecule has 2 aromatic heterocycles. The number of pyridine rings is 1. The van der Waals surface area contributed by atoms with E-state index in [1.54, 1.807) is 0 Å². The van der Waals surface area contributed by atoms with Crippen molar-refractivity contribution in [1.29, 1.82) is 0 Å². The second kappa shape index (κ2) is 5.03. The second-order valence-corrected chi connectivity index (χ2v) is 5.34. The second-order valence-electron chi connectivity index (χ2n) is 5.34. The fraction of sp³-hybridized carbons (Fsp3) is 0.235. The van der Waals surface area contributed by atoms with Crippen LogP contribution in [0.15, 0.2) is 36.5 Å². The van der Waals surface area contributed by atoms with Gasteiger partial charge in [-0.2, -0.15) is 0 Å². The predicted octanol–water partition coefficient (Wildman–Crippen LogP) is 2.54. The van der Waals surface area contributed by atoms with Gasteiger partial charge in [0.25, 0.3) is 0 Å². The summed E-state index contributed by atoms with van der Waals surface area (Å²) in [6.07, 6.45) is 2.01. The fourth-order valence-corrected chi connectivity index (χ4v) is 2.87. The van der Waals surface area contributed by atoms with E-state index in [2.05, 4.69) is 11.3 Å². The number of nitrogens with two attached hydrogens (primary N) is 1. The van der Waals surface area contributed by atoms with Gasteiger partial charge in [-0.05, 0) is 31.2 Å². The molecule has 0 aliphatic carbocycles. The smallest absolute Gasteiger partial charge is 0.162 e. The molecule has 5 nitrogen and oxygen atoms in total. The van der Waals surface area contributed by atoms with E-state index in [-0.39, 0.29) is 0 Å².